The Balaban J connectivity index is 1.77. The van der Waals surface area contributed by atoms with Crippen molar-refractivity contribution in [1.29, 1.82) is 0 Å². The van der Waals surface area contributed by atoms with Gasteiger partial charge in [0, 0.05) is 11.7 Å². The average molecular weight is 348 g/mol. The first-order valence-electron chi connectivity index (χ1n) is 9.72. The average Bonchev–Trinajstić information content (AvgIpc) is 2.93. The maximum Gasteiger partial charge on any atom is 0.208 e. The maximum atomic E-state index is 4.93. The molecule has 136 valence electrons. The van der Waals surface area contributed by atoms with Crippen LogP contribution in [0, 0.1) is 18.3 Å². The molecular weight excluding hydrogens is 318 g/mol. The van der Waals surface area contributed by atoms with E-state index in [0.29, 0.717) is 11.5 Å². The number of para-hydroxylation sites is 2. The molecule has 0 bridgehead atoms. The Kier molecular flexibility index (Phi) is 4.26. The van der Waals surface area contributed by atoms with Crippen LogP contribution in [0.15, 0.2) is 48.5 Å². The molecule has 3 aromatic rings. The van der Waals surface area contributed by atoms with Crippen LogP contribution in [-0.2, 0) is 0 Å². The molecule has 1 saturated carbocycles. The van der Waals surface area contributed by atoms with Gasteiger partial charge in [-0.3, -0.25) is 0 Å². The molecule has 3 heteroatoms. The number of fused-ring (bicyclic) bond motifs is 1. The van der Waals surface area contributed by atoms with Crippen molar-refractivity contribution < 1.29 is 0 Å². The highest BCUT2D eigenvalue weighted by molar-refractivity contribution is 5.80. The molecule has 1 unspecified atom stereocenters. The number of aromatic nitrogens is 2. The van der Waals surface area contributed by atoms with E-state index in [0.717, 1.165) is 23.1 Å². The molecule has 0 saturated heterocycles. The summed E-state index contributed by atoms with van der Waals surface area (Å²) in [6.45, 7) is 9.31. The van der Waals surface area contributed by atoms with Gasteiger partial charge in [-0.1, -0.05) is 50.6 Å². The van der Waals surface area contributed by atoms with Gasteiger partial charge in [-0.2, -0.15) is 0 Å². The normalized spacial score (nSPS) is 22.5. The van der Waals surface area contributed by atoms with E-state index in [1.165, 1.54) is 30.3 Å². The van der Waals surface area contributed by atoms with Crippen LogP contribution in [0.5, 0.6) is 0 Å². The monoisotopic (exact) mass is 347 g/mol. The number of aryl methyl sites for hydroxylation is 1. The highest BCUT2D eigenvalue weighted by Gasteiger charge is 2.34. The van der Waals surface area contributed by atoms with Crippen LogP contribution >= 0.6 is 0 Å². The number of benzene rings is 2. The second kappa shape index (κ2) is 6.46. The van der Waals surface area contributed by atoms with E-state index in [1.54, 1.807) is 0 Å². The predicted molar refractivity (Wildman–Crippen MR) is 110 cm³/mol. The quantitative estimate of drug-likeness (QED) is 0.588. The van der Waals surface area contributed by atoms with E-state index in [9.17, 15) is 0 Å². The summed E-state index contributed by atoms with van der Waals surface area (Å²) in [5, 5.41) is 3.58. The summed E-state index contributed by atoms with van der Waals surface area (Å²) in [7, 11) is 0. The van der Waals surface area contributed by atoms with Crippen molar-refractivity contribution in [2.75, 3.05) is 5.32 Å². The Morgan fingerprint density at radius 1 is 1.04 bits per heavy atom. The van der Waals surface area contributed by atoms with Crippen LogP contribution in [0.25, 0.3) is 11.0 Å². The van der Waals surface area contributed by atoms with Crippen LogP contribution in [-0.4, -0.2) is 9.55 Å². The largest absolute Gasteiger partial charge is 0.326 e. The minimum atomic E-state index is 0.370. The van der Waals surface area contributed by atoms with Crippen LogP contribution in [0.3, 0.4) is 0 Å². The molecule has 2 atom stereocenters. The lowest BCUT2D eigenvalue weighted by atomic mass is 9.70. The van der Waals surface area contributed by atoms with Gasteiger partial charge in [-0.15, -0.1) is 0 Å². The van der Waals surface area contributed by atoms with E-state index in [1.807, 2.05) is 0 Å². The van der Waals surface area contributed by atoms with Crippen molar-refractivity contribution in [3.05, 3.63) is 54.1 Å². The molecule has 0 amide bonds. The third-order valence-electron chi connectivity index (χ3n) is 5.63. The molecule has 1 fully saturated rings. The maximum absolute atomic E-state index is 4.93. The third-order valence-corrected chi connectivity index (χ3v) is 5.63. The highest BCUT2D eigenvalue weighted by Crippen LogP contribution is 2.45. The molecule has 0 radical (unpaired) electrons. The zero-order chi connectivity index (χ0) is 18.3. The van der Waals surface area contributed by atoms with Crippen molar-refractivity contribution in [1.82, 2.24) is 9.55 Å². The van der Waals surface area contributed by atoms with E-state index in [2.05, 4.69) is 86.1 Å². The smallest absolute Gasteiger partial charge is 0.208 e. The summed E-state index contributed by atoms with van der Waals surface area (Å²) in [5.74, 6) is 1.70. The third kappa shape index (κ3) is 3.35. The molecule has 1 aromatic heterocycles. The molecule has 4 rings (SSSR count). The van der Waals surface area contributed by atoms with Crippen molar-refractivity contribution in [3.8, 4) is 0 Å². The Labute approximate surface area is 156 Å². The first-order valence-corrected chi connectivity index (χ1v) is 9.72. The van der Waals surface area contributed by atoms with Gasteiger partial charge in [0.25, 0.3) is 0 Å². The van der Waals surface area contributed by atoms with Gasteiger partial charge in [-0.05, 0) is 61.8 Å². The van der Waals surface area contributed by atoms with Crippen molar-refractivity contribution in [2.45, 2.75) is 53.0 Å². The Hall–Kier alpha value is -2.29. The fourth-order valence-corrected chi connectivity index (χ4v) is 4.76. The van der Waals surface area contributed by atoms with Crippen molar-refractivity contribution >= 4 is 22.7 Å². The lowest BCUT2D eigenvalue weighted by molar-refractivity contribution is 0.140. The zero-order valence-electron chi connectivity index (χ0n) is 16.3. The van der Waals surface area contributed by atoms with E-state index >= 15 is 0 Å². The zero-order valence-corrected chi connectivity index (χ0v) is 16.3. The molecule has 1 heterocycles. The lowest BCUT2D eigenvalue weighted by Crippen LogP contribution is -2.29. The van der Waals surface area contributed by atoms with Gasteiger partial charge < -0.3 is 9.88 Å². The van der Waals surface area contributed by atoms with E-state index in [-0.39, 0.29) is 0 Å². The van der Waals surface area contributed by atoms with E-state index < -0.39 is 0 Å². The molecule has 1 aliphatic rings. The Morgan fingerprint density at radius 2 is 1.77 bits per heavy atom. The summed E-state index contributed by atoms with van der Waals surface area (Å²) in [4.78, 5) is 4.93. The topological polar surface area (TPSA) is 29.9 Å². The molecule has 3 nitrogen and oxygen atoms in total. The van der Waals surface area contributed by atoms with Gasteiger partial charge in [0.1, 0.15) is 0 Å². The Morgan fingerprint density at radius 3 is 2.50 bits per heavy atom. The molecule has 26 heavy (non-hydrogen) atoms. The van der Waals surface area contributed by atoms with Gasteiger partial charge in [0.2, 0.25) is 5.95 Å². The predicted octanol–water partition coefficient (Wildman–Crippen LogP) is 6.48. The minimum Gasteiger partial charge on any atom is -0.326 e. The molecule has 1 N–H and O–H groups in total. The first kappa shape index (κ1) is 17.1. The standard InChI is InChI=1S/C23H29N3/c1-16-9-11-18(12-10-16)24-22-25-20-7-5-6-8-21(20)26(22)19-13-17(2)14-23(3,4)15-19/h5-12,17,19H,13-15H2,1-4H3,(H,24,25)/t17-,19?/m0/s1. The van der Waals surface area contributed by atoms with Crippen LogP contribution in [0.4, 0.5) is 11.6 Å². The van der Waals surface area contributed by atoms with Gasteiger partial charge in [0.05, 0.1) is 11.0 Å². The summed E-state index contributed by atoms with van der Waals surface area (Å²) in [6.07, 6.45) is 3.71. The van der Waals surface area contributed by atoms with Gasteiger partial charge in [0.15, 0.2) is 0 Å². The fourth-order valence-electron chi connectivity index (χ4n) is 4.76. The first-order chi connectivity index (χ1) is 12.4. The van der Waals surface area contributed by atoms with Crippen molar-refractivity contribution in [3.63, 3.8) is 0 Å². The molecule has 0 spiro atoms. The summed E-state index contributed by atoms with van der Waals surface area (Å²) < 4.78 is 2.45. The number of hydrogen-bond donors (Lipinski definition) is 1. The van der Waals surface area contributed by atoms with Crippen LogP contribution in [0.2, 0.25) is 0 Å². The van der Waals surface area contributed by atoms with E-state index in [4.69, 9.17) is 4.98 Å². The fraction of sp³-hybridized carbons (Fsp3) is 0.435. The number of nitrogens with zero attached hydrogens (tertiary/aromatic N) is 2. The lowest BCUT2D eigenvalue weighted by Gasteiger charge is -2.40. The van der Waals surface area contributed by atoms with Gasteiger partial charge >= 0.3 is 0 Å². The number of nitrogens with one attached hydrogen (secondary N) is 1. The SMILES string of the molecule is Cc1ccc(Nc2nc3ccccc3n2C2C[C@H](C)CC(C)(C)C2)cc1. The number of hydrogen-bond acceptors (Lipinski definition) is 2. The molecule has 0 aliphatic heterocycles. The number of rotatable bonds is 3. The molecular formula is C23H29N3. The highest BCUT2D eigenvalue weighted by atomic mass is 15.2. The molecule has 2 aromatic carbocycles. The number of anilines is 2. The van der Waals surface area contributed by atoms with Crippen LogP contribution in [0.1, 0.15) is 51.6 Å². The second-order valence-electron chi connectivity index (χ2n) is 8.85. The minimum absolute atomic E-state index is 0.370. The van der Waals surface area contributed by atoms with Crippen LogP contribution < -0.4 is 5.32 Å². The van der Waals surface area contributed by atoms with Crippen molar-refractivity contribution in [2.24, 2.45) is 11.3 Å². The molecule has 1 aliphatic carbocycles. The summed E-state index contributed by atoms with van der Waals surface area (Å²) in [5.41, 5.74) is 5.03. The van der Waals surface area contributed by atoms with Gasteiger partial charge in [-0.25, -0.2) is 4.98 Å². The summed E-state index contributed by atoms with van der Waals surface area (Å²) >= 11 is 0. The Bertz CT molecular complexity index is 905. The number of imidazole rings is 1. The second-order valence-corrected chi connectivity index (χ2v) is 8.85. The summed E-state index contributed by atoms with van der Waals surface area (Å²) in [6, 6.07) is 17.5.